The minimum absolute atomic E-state index is 0.921. The summed E-state index contributed by atoms with van der Waals surface area (Å²) in [4.78, 5) is 0. The fourth-order valence-corrected chi connectivity index (χ4v) is 1.25. The van der Waals surface area contributed by atoms with Gasteiger partial charge in [-0.05, 0) is 18.8 Å². The molecule has 0 aliphatic heterocycles. The summed E-state index contributed by atoms with van der Waals surface area (Å²) in [6.07, 6.45) is 8.61. The Morgan fingerprint density at radius 2 is 2.10 bits per heavy atom. The molecule has 0 spiro atoms. The Balaban J connectivity index is 3.04. The number of hydrogen-bond acceptors (Lipinski definition) is 0. The molecule has 1 unspecified atom stereocenters. The van der Waals surface area contributed by atoms with Crippen molar-refractivity contribution in [3.05, 3.63) is 12.7 Å². The molecule has 0 aliphatic rings. The highest BCUT2D eigenvalue weighted by molar-refractivity contribution is 4.66. The Labute approximate surface area is 65.3 Å². The summed E-state index contributed by atoms with van der Waals surface area (Å²) in [5.74, 6) is 0.921. The highest BCUT2D eigenvalue weighted by atomic mass is 14.0. The van der Waals surface area contributed by atoms with Crippen molar-refractivity contribution < 1.29 is 0 Å². The van der Waals surface area contributed by atoms with Gasteiger partial charge in [-0.2, -0.15) is 0 Å². The van der Waals surface area contributed by atoms with Crippen molar-refractivity contribution in [3.8, 4) is 0 Å². The molecule has 0 aliphatic carbocycles. The summed E-state index contributed by atoms with van der Waals surface area (Å²) in [5.41, 5.74) is 0. The van der Waals surface area contributed by atoms with Crippen LogP contribution in [0.5, 0.6) is 0 Å². The van der Waals surface area contributed by atoms with Crippen LogP contribution >= 0.6 is 0 Å². The first kappa shape index (κ1) is 9.74. The molecule has 0 fully saturated rings. The van der Waals surface area contributed by atoms with Crippen LogP contribution in [0, 0.1) is 5.92 Å². The smallest absolute Gasteiger partial charge is 0.0353 e. The van der Waals surface area contributed by atoms with Crippen molar-refractivity contribution in [1.82, 2.24) is 0 Å². The van der Waals surface area contributed by atoms with E-state index in [1.165, 1.54) is 32.1 Å². The molecule has 0 bridgehead atoms. The molecule has 10 heavy (non-hydrogen) atoms. The predicted molar refractivity (Wildman–Crippen MR) is 48.1 cm³/mol. The van der Waals surface area contributed by atoms with E-state index in [2.05, 4.69) is 20.4 Å². The average Bonchev–Trinajstić information content (AvgIpc) is 1.89. The van der Waals surface area contributed by atoms with E-state index in [-0.39, 0.29) is 0 Å². The van der Waals surface area contributed by atoms with Crippen LogP contribution in [-0.4, -0.2) is 0 Å². The van der Waals surface area contributed by atoms with Gasteiger partial charge in [0.2, 0.25) is 0 Å². The first-order valence-corrected chi connectivity index (χ1v) is 4.42. The van der Waals surface area contributed by atoms with E-state index in [0.717, 1.165) is 5.92 Å². The third kappa shape index (κ3) is 5.87. The van der Waals surface area contributed by atoms with Crippen LogP contribution in [-0.2, 0) is 0 Å². The van der Waals surface area contributed by atoms with Gasteiger partial charge in [0.15, 0.2) is 0 Å². The second kappa shape index (κ2) is 6.85. The number of rotatable bonds is 6. The van der Waals surface area contributed by atoms with E-state index in [9.17, 15) is 0 Å². The minimum atomic E-state index is 0.921. The normalized spacial score (nSPS) is 13.0. The van der Waals surface area contributed by atoms with E-state index in [1.54, 1.807) is 0 Å². The van der Waals surface area contributed by atoms with Crippen molar-refractivity contribution >= 4 is 0 Å². The molecule has 0 radical (unpaired) electrons. The second-order valence-electron chi connectivity index (χ2n) is 3.11. The van der Waals surface area contributed by atoms with Crippen molar-refractivity contribution in [2.45, 2.75) is 46.0 Å². The van der Waals surface area contributed by atoms with Crippen LogP contribution in [0.15, 0.2) is 12.7 Å². The predicted octanol–water partition coefficient (Wildman–Crippen LogP) is 3.78. The highest BCUT2D eigenvalue weighted by Gasteiger charge is 1.97. The minimum Gasteiger partial charge on any atom is -0.103 e. The number of allylic oxidation sites excluding steroid dienone is 1. The lowest BCUT2D eigenvalue weighted by Crippen LogP contribution is -1.92. The Kier molecular flexibility index (Phi) is 6.68. The molecule has 0 aromatic heterocycles. The lowest BCUT2D eigenvalue weighted by Gasteiger charge is -2.07. The van der Waals surface area contributed by atoms with Gasteiger partial charge in [0.25, 0.3) is 0 Å². The topological polar surface area (TPSA) is 0 Å². The molecule has 0 rings (SSSR count). The Morgan fingerprint density at radius 1 is 1.40 bits per heavy atom. The van der Waals surface area contributed by atoms with Gasteiger partial charge < -0.3 is 0 Å². The summed E-state index contributed by atoms with van der Waals surface area (Å²) in [6.45, 7) is 8.30. The monoisotopic (exact) mass is 140 g/mol. The summed E-state index contributed by atoms with van der Waals surface area (Å²) >= 11 is 0. The zero-order valence-corrected chi connectivity index (χ0v) is 7.40. The van der Waals surface area contributed by atoms with Gasteiger partial charge in [0.05, 0.1) is 0 Å². The maximum atomic E-state index is 3.70. The third-order valence-electron chi connectivity index (χ3n) is 1.89. The second-order valence-corrected chi connectivity index (χ2v) is 3.11. The van der Waals surface area contributed by atoms with Crippen molar-refractivity contribution in [3.63, 3.8) is 0 Å². The molecule has 0 heteroatoms. The van der Waals surface area contributed by atoms with Gasteiger partial charge in [0, 0.05) is 0 Å². The van der Waals surface area contributed by atoms with Crippen LogP contribution in [0.25, 0.3) is 0 Å². The van der Waals surface area contributed by atoms with Gasteiger partial charge >= 0.3 is 0 Å². The van der Waals surface area contributed by atoms with E-state index < -0.39 is 0 Å². The molecule has 0 amide bonds. The van der Waals surface area contributed by atoms with E-state index in [1.807, 2.05) is 6.08 Å². The maximum Gasteiger partial charge on any atom is -0.0353 e. The quantitative estimate of drug-likeness (QED) is 0.389. The largest absolute Gasteiger partial charge is 0.103 e. The van der Waals surface area contributed by atoms with Gasteiger partial charge in [-0.15, -0.1) is 6.58 Å². The Bertz CT molecular complexity index is 74.1. The SMILES string of the molecule is C=CCCCC(C)CCC. The molecule has 0 heterocycles. The third-order valence-corrected chi connectivity index (χ3v) is 1.89. The van der Waals surface area contributed by atoms with Crippen LogP contribution in [0.2, 0.25) is 0 Å². The van der Waals surface area contributed by atoms with Crippen LogP contribution in [0.4, 0.5) is 0 Å². The summed E-state index contributed by atoms with van der Waals surface area (Å²) < 4.78 is 0. The van der Waals surface area contributed by atoms with E-state index >= 15 is 0 Å². The number of unbranched alkanes of at least 4 members (excludes halogenated alkanes) is 1. The highest BCUT2D eigenvalue weighted by Crippen LogP contribution is 2.13. The van der Waals surface area contributed by atoms with Gasteiger partial charge in [-0.3, -0.25) is 0 Å². The van der Waals surface area contributed by atoms with E-state index in [4.69, 9.17) is 0 Å². The Morgan fingerprint density at radius 3 is 2.60 bits per heavy atom. The van der Waals surface area contributed by atoms with Gasteiger partial charge in [-0.25, -0.2) is 0 Å². The molecule has 0 aromatic carbocycles. The molecular weight excluding hydrogens is 120 g/mol. The zero-order valence-electron chi connectivity index (χ0n) is 7.40. The van der Waals surface area contributed by atoms with Crippen LogP contribution in [0.1, 0.15) is 46.0 Å². The number of hydrogen-bond donors (Lipinski definition) is 0. The van der Waals surface area contributed by atoms with E-state index in [0.29, 0.717) is 0 Å². The average molecular weight is 140 g/mol. The fourth-order valence-electron chi connectivity index (χ4n) is 1.25. The van der Waals surface area contributed by atoms with Gasteiger partial charge in [-0.1, -0.05) is 39.2 Å². The standard InChI is InChI=1S/C10H20/c1-4-6-7-9-10(3)8-5-2/h4,10H,1,5-9H2,2-3H3. The first-order valence-electron chi connectivity index (χ1n) is 4.42. The fraction of sp³-hybridized carbons (Fsp3) is 0.800. The molecular formula is C10H20. The lowest BCUT2D eigenvalue weighted by molar-refractivity contribution is 0.472. The van der Waals surface area contributed by atoms with Gasteiger partial charge in [0.1, 0.15) is 0 Å². The molecule has 1 atom stereocenters. The molecule has 0 nitrogen and oxygen atoms in total. The molecule has 0 N–H and O–H groups in total. The van der Waals surface area contributed by atoms with Crippen molar-refractivity contribution in [2.24, 2.45) is 5.92 Å². The summed E-state index contributed by atoms with van der Waals surface area (Å²) in [6, 6.07) is 0. The molecule has 0 aromatic rings. The Hall–Kier alpha value is -0.260. The van der Waals surface area contributed by atoms with Crippen LogP contribution in [0.3, 0.4) is 0 Å². The van der Waals surface area contributed by atoms with Crippen molar-refractivity contribution in [1.29, 1.82) is 0 Å². The maximum absolute atomic E-state index is 3.70. The molecule has 0 saturated heterocycles. The summed E-state index contributed by atoms with van der Waals surface area (Å²) in [7, 11) is 0. The summed E-state index contributed by atoms with van der Waals surface area (Å²) in [5, 5.41) is 0. The molecule has 60 valence electrons. The lowest BCUT2D eigenvalue weighted by atomic mass is 9.99. The zero-order chi connectivity index (χ0) is 7.82. The van der Waals surface area contributed by atoms with Crippen molar-refractivity contribution in [2.75, 3.05) is 0 Å². The molecule has 0 saturated carbocycles. The first-order chi connectivity index (χ1) is 4.81. The van der Waals surface area contributed by atoms with Crippen LogP contribution < -0.4 is 0 Å².